The average molecular weight is 451 g/mol. The molecule has 4 unspecified atom stereocenters. The van der Waals surface area contributed by atoms with Gasteiger partial charge in [0, 0.05) is 24.9 Å². The molecule has 1 saturated heterocycles. The van der Waals surface area contributed by atoms with Gasteiger partial charge in [-0.25, -0.2) is 0 Å². The van der Waals surface area contributed by atoms with Gasteiger partial charge in [0.05, 0.1) is 31.5 Å². The zero-order chi connectivity index (χ0) is 22.7. The van der Waals surface area contributed by atoms with Crippen LogP contribution < -0.4 is 0 Å². The molecule has 182 valence electrons. The van der Waals surface area contributed by atoms with Crippen molar-refractivity contribution in [2.24, 2.45) is 40.4 Å². The lowest BCUT2D eigenvalue weighted by Crippen LogP contribution is -2.59. The molecule has 6 heteroatoms. The topological polar surface area (TPSA) is 77.4 Å². The van der Waals surface area contributed by atoms with Gasteiger partial charge < -0.3 is 29.2 Å². The highest BCUT2D eigenvalue weighted by molar-refractivity contribution is 5.30. The Balaban J connectivity index is 1.40. The molecule has 5 aliphatic rings. The van der Waals surface area contributed by atoms with E-state index in [1.807, 2.05) is 0 Å². The second-order valence-corrected chi connectivity index (χ2v) is 11.6. The molecule has 0 bridgehead atoms. The molecule has 0 amide bonds. The first kappa shape index (κ1) is 23.3. The molecule has 1 heterocycles. The van der Waals surface area contributed by atoms with Crippen molar-refractivity contribution in [1.29, 1.82) is 0 Å². The quantitative estimate of drug-likeness (QED) is 0.493. The number of aliphatic hydroxyl groups excluding tert-OH is 2. The van der Waals surface area contributed by atoms with Gasteiger partial charge in [-0.15, -0.1) is 0 Å². The number of rotatable bonds is 5. The van der Waals surface area contributed by atoms with Crippen LogP contribution in [0.5, 0.6) is 0 Å². The normalized spacial score (nSPS) is 49.8. The van der Waals surface area contributed by atoms with Crippen LogP contribution in [0, 0.1) is 40.4 Å². The van der Waals surface area contributed by atoms with Crippen LogP contribution in [0.25, 0.3) is 0 Å². The third-order valence-electron chi connectivity index (χ3n) is 10.4. The molecule has 1 aliphatic heterocycles. The van der Waals surface area contributed by atoms with E-state index in [0.29, 0.717) is 43.3 Å². The first-order valence-electron chi connectivity index (χ1n) is 12.7. The van der Waals surface area contributed by atoms with Crippen LogP contribution in [0.3, 0.4) is 0 Å². The Morgan fingerprint density at radius 1 is 1.12 bits per heavy atom. The fraction of sp³-hybridized carbons (Fsp3) is 0.923. The van der Waals surface area contributed by atoms with Crippen molar-refractivity contribution in [3.8, 4) is 0 Å². The monoisotopic (exact) mass is 450 g/mol. The minimum atomic E-state index is -0.454. The maximum atomic E-state index is 11.4. The summed E-state index contributed by atoms with van der Waals surface area (Å²) in [6, 6.07) is 0. The molecule has 0 spiro atoms. The van der Waals surface area contributed by atoms with Gasteiger partial charge in [0.2, 0.25) is 0 Å². The lowest BCUT2D eigenvalue weighted by molar-refractivity contribution is -0.159. The largest absolute Gasteiger partial charge is 0.392 e. The van der Waals surface area contributed by atoms with Crippen LogP contribution in [-0.2, 0) is 18.9 Å². The van der Waals surface area contributed by atoms with Gasteiger partial charge in [0.25, 0.3) is 0 Å². The maximum Gasteiger partial charge on any atom is 0.160 e. The SMILES string of the molecule is COCOC1CC2=CC(O)[C@H]3[C@@H]4CC[C@H](C(C)C5OCCO5)[C@@]4(C)CC[C@@H]3[C@@]2(C)C(O)C1. The average Bonchev–Trinajstić information content (AvgIpc) is 3.41. The van der Waals surface area contributed by atoms with Gasteiger partial charge >= 0.3 is 0 Å². The number of aliphatic hydroxyl groups is 2. The number of ether oxygens (including phenoxy) is 4. The molecule has 5 rings (SSSR count). The second kappa shape index (κ2) is 8.62. The predicted octanol–water partition coefficient (Wildman–Crippen LogP) is 3.51. The van der Waals surface area contributed by atoms with Crippen molar-refractivity contribution in [3.63, 3.8) is 0 Å². The molecule has 32 heavy (non-hydrogen) atoms. The number of fused-ring (bicyclic) bond motifs is 5. The maximum absolute atomic E-state index is 11.4. The van der Waals surface area contributed by atoms with Crippen molar-refractivity contribution in [1.82, 2.24) is 0 Å². The van der Waals surface area contributed by atoms with Gasteiger partial charge in [-0.3, -0.25) is 0 Å². The Labute approximate surface area is 192 Å². The Kier molecular flexibility index (Phi) is 6.26. The van der Waals surface area contributed by atoms with Crippen LogP contribution in [0.2, 0.25) is 0 Å². The predicted molar refractivity (Wildman–Crippen MR) is 120 cm³/mol. The second-order valence-electron chi connectivity index (χ2n) is 11.6. The van der Waals surface area contributed by atoms with E-state index < -0.39 is 12.2 Å². The van der Waals surface area contributed by atoms with E-state index in [1.165, 1.54) is 12.0 Å². The summed E-state index contributed by atoms with van der Waals surface area (Å²) in [6.07, 6.45) is 6.96. The summed E-state index contributed by atoms with van der Waals surface area (Å²) in [4.78, 5) is 0. The number of hydrogen-bond donors (Lipinski definition) is 2. The van der Waals surface area contributed by atoms with Gasteiger partial charge in [-0.1, -0.05) is 32.4 Å². The van der Waals surface area contributed by atoms with Crippen molar-refractivity contribution >= 4 is 0 Å². The van der Waals surface area contributed by atoms with Gasteiger partial charge in [-0.2, -0.15) is 0 Å². The first-order chi connectivity index (χ1) is 15.3. The van der Waals surface area contributed by atoms with Crippen molar-refractivity contribution in [2.75, 3.05) is 27.1 Å². The zero-order valence-electron chi connectivity index (χ0n) is 20.2. The van der Waals surface area contributed by atoms with Crippen LogP contribution >= 0.6 is 0 Å². The molecule has 0 radical (unpaired) electrons. The highest BCUT2D eigenvalue weighted by Crippen LogP contribution is 2.67. The van der Waals surface area contributed by atoms with Crippen LogP contribution in [0.4, 0.5) is 0 Å². The molecule has 3 saturated carbocycles. The van der Waals surface area contributed by atoms with E-state index in [2.05, 4.69) is 26.8 Å². The molecule has 0 aromatic carbocycles. The highest BCUT2D eigenvalue weighted by Gasteiger charge is 2.63. The van der Waals surface area contributed by atoms with E-state index in [0.717, 1.165) is 25.7 Å². The van der Waals surface area contributed by atoms with Crippen LogP contribution in [-0.4, -0.2) is 61.9 Å². The smallest absolute Gasteiger partial charge is 0.160 e. The summed E-state index contributed by atoms with van der Waals surface area (Å²) < 4.78 is 22.7. The molecule has 0 aromatic rings. The Morgan fingerprint density at radius 3 is 2.59 bits per heavy atom. The fourth-order valence-electron chi connectivity index (χ4n) is 8.74. The fourth-order valence-corrected chi connectivity index (χ4v) is 8.74. The lowest BCUT2D eigenvalue weighted by atomic mass is 9.45. The van der Waals surface area contributed by atoms with E-state index in [4.69, 9.17) is 18.9 Å². The Bertz CT molecular complexity index is 719. The third kappa shape index (κ3) is 3.44. The van der Waals surface area contributed by atoms with Gasteiger partial charge in [0.1, 0.15) is 6.79 Å². The summed E-state index contributed by atoms with van der Waals surface area (Å²) >= 11 is 0. The minimum Gasteiger partial charge on any atom is -0.392 e. The molecule has 4 aliphatic carbocycles. The van der Waals surface area contributed by atoms with E-state index in [-0.39, 0.29) is 35.9 Å². The lowest BCUT2D eigenvalue weighted by Gasteiger charge is -2.60. The van der Waals surface area contributed by atoms with Crippen molar-refractivity contribution < 1.29 is 29.2 Å². The summed E-state index contributed by atoms with van der Waals surface area (Å²) in [7, 11) is 1.62. The first-order valence-corrected chi connectivity index (χ1v) is 12.7. The number of hydrogen-bond acceptors (Lipinski definition) is 6. The molecule has 4 fully saturated rings. The van der Waals surface area contributed by atoms with Gasteiger partial charge in [0.15, 0.2) is 6.29 Å². The van der Waals surface area contributed by atoms with Crippen LogP contribution in [0.15, 0.2) is 11.6 Å². The third-order valence-corrected chi connectivity index (χ3v) is 10.4. The molecular weight excluding hydrogens is 408 g/mol. The Morgan fingerprint density at radius 2 is 1.88 bits per heavy atom. The standard InChI is InChI=1S/C26H42O6/c1-15(24-30-9-10-31-24)18-5-6-19-23-20(7-8-25(18,19)2)26(3)16(12-21(23)27)11-17(13-22(26)28)32-14-29-4/h12,15,17-24,27-28H,5-11,13-14H2,1-4H3/t15?,17?,18-,19+,20+,21?,22?,23+,25-,26+/m1/s1. The van der Waals surface area contributed by atoms with Crippen LogP contribution in [0.1, 0.15) is 59.3 Å². The van der Waals surface area contributed by atoms with Gasteiger partial charge in [-0.05, 0) is 61.2 Å². The zero-order valence-corrected chi connectivity index (χ0v) is 20.2. The summed E-state index contributed by atoms with van der Waals surface area (Å²) in [5, 5.41) is 22.8. The molecule has 10 atom stereocenters. The van der Waals surface area contributed by atoms with E-state index in [1.54, 1.807) is 7.11 Å². The summed E-state index contributed by atoms with van der Waals surface area (Å²) in [5.41, 5.74) is 1.09. The summed E-state index contributed by atoms with van der Waals surface area (Å²) in [5.74, 6) is 1.89. The Hall–Kier alpha value is -0.500. The molecule has 0 aromatic heterocycles. The van der Waals surface area contributed by atoms with Crippen molar-refractivity contribution in [2.45, 2.75) is 83.9 Å². The molecule has 6 nitrogen and oxygen atoms in total. The summed E-state index contributed by atoms with van der Waals surface area (Å²) in [6.45, 7) is 8.63. The number of methoxy groups -OCH3 is 1. The highest BCUT2D eigenvalue weighted by atomic mass is 16.7. The minimum absolute atomic E-state index is 0.0509. The van der Waals surface area contributed by atoms with Crippen molar-refractivity contribution in [3.05, 3.63) is 11.6 Å². The van der Waals surface area contributed by atoms with E-state index >= 15 is 0 Å². The van der Waals surface area contributed by atoms with E-state index in [9.17, 15) is 10.2 Å². The molecular formula is C26H42O6. The molecule has 2 N–H and O–H groups in total.